The molecular weight excluding hydrogens is 325 g/mol. The van der Waals surface area contributed by atoms with Gasteiger partial charge in [0.2, 0.25) is 0 Å². The van der Waals surface area contributed by atoms with Crippen LogP contribution in [0.25, 0.3) is 0 Å². The molecule has 0 heterocycles. The number of nitrogens with two attached hydrogens (primary N) is 1. The highest BCUT2D eigenvalue weighted by atomic mass is 19.1. The minimum atomic E-state index is -0.417. The van der Waals surface area contributed by atoms with Gasteiger partial charge in [0.25, 0.3) is 0 Å². The molecule has 0 atom stereocenters. The molecule has 0 fully saturated rings. The minimum Gasteiger partial charge on any atom is -0.398 e. The van der Waals surface area contributed by atoms with E-state index in [-0.39, 0.29) is 5.69 Å². The molecule has 0 aromatic heterocycles. The topological polar surface area (TPSA) is 50.7 Å². The second kappa shape index (κ2) is 7.74. The predicted molar refractivity (Wildman–Crippen MR) is 107 cm³/mol. The van der Waals surface area contributed by atoms with Gasteiger partial charge < -0.3 is 5.73 Å². The van der Waals surface area contributed by atoms with Crippen molar-refractivity contribution in [2.75, 3.05) is 12.8 Å². The molecule has 26 heavy (non-hydrogen) atoms. The van der Waals surface area contributed by atoms with E-state index in [0.717, 1.165) is 11.1 Å². The largest absolute Gasteiger partial charge is 0.398 e. The van der Waals surface area contributed by atoms with Crippen LogP contribution in [-0.4, -0.2) is 19.0 Å². The molecule has 3 aromatic carbocycles. The monoisotopic (exact) mass is 345 g/mol. The third kappa shape index (κ3) is 3.54. The number of hydrogen-bond acceptors (Lipinski definition) is 3. The molecule has 3 rings (SSSR count). The van der Waals surface area contributed by atoms with Crippen molar-refractivity contribution in [2.45, 2.75) is 6.92 Å². The van der Waals surface area contributed by atoms with Crippen molar-refractivity contribution in [1.29, 1.82) is 0 Å². The Morgan fingerprint density at radius 1 is 0.962 bits per heavy atom. The zero-order valence-corrected chi connectivity index (χ0v) is 14.8. The van der Waals surface area contributed by atoms with Gasteiger partial charge in [0.05, 0.1) is 5.71 Å². The molecule has 0 unspecified atom stereocenters. The van der Waals surface area contributed by atoms with Crippen molar-refractivity contribution in [3.05, 3.63) is 94.8 Å². The van der Waals surface area contributed by atoms with E-state index >= 15 is 0 Å². The van der Waals surface area contributed by atoms with E-state index in [2.05, 4.69) is 9.98 Å². The number of rotatable bonds is 4. The van der Waals surface area contributed by atoms with Crippen LogP contribution in [0.5, 0.6) is 0 Å². The Kier molecular flexibility index (Phi) is 5.23. The Balaban J connectivity index is 2.24. The number of aliphatic imine (C=N–C) groups is 2. The van der Waals surface area contributed by atoms with Gasteiger partial charge in [-0.05, 0) is 13.0 Å². The summed E-state index contributed by atoms with van der Waals surface area (Å²) in [5.74, 6) is -0.417. The lowest BCUT2D eigenvalue weighted by Gasteiger charge is -2.12. The zero-order valence-electron chi connectivity index (χ0n) is 14.8. The molecule has 0 saturated heterocycles. The van der Waals surface area contributed by atoms with Gasteiger partial charge in [0.15, 0.2) is 5.82 Å². The number of anilines is 1. The predicted octanol–water partition coefficient (Wildman–Crippen LogP) is 4.93. The summed E-state index contributed by atoms with van der Waals surface area (Å²) < 4.78 is 14.8. The molecule has 0 aliphatic rings. The van der Waals surface area contributed by atoms with Crippen LogP contribution in [0.15, 0.2) is 76.7 Å². The van der Waals surface area contributed by atoms with Crippen LogP contribution in [0, 0.1) is 12.7 Å². The fourth-order valence-electron chi connectivity index (χ4n) is 2.75. The van der Waals surface area contributed by atoms with Gasteiger partial charge in [-0.25, -0.2) is 9.38 Å². The van der Waals surface area contributed by atoms with Crippen LogP contribution in [0.1, 0.15) is 22.3 Å². The van der Waals surface area contributed by atoms with Crippen LogP contribution < -0.4 is 5.73 Å². The van der Waals surface area contributed by atoms with E-state index in [9.17, 15) is 4.39 Å². The van der Waals surface area contributed by atoms with Crippen LogP contribution in [-0.2, 0) is 0 Å². The van der Waals surface area contributed by atoms with E-state index in [1.165, 1.54) is 0 Å². The Labute approximate surface area is 152 Å². The van der Waals surface area contributed by atoms with Crippen LogP contribution >= 0.6 is 0 Å². The maximum absolute atomic E-state index is 14.8. The van der Waals surface area contributed by atoms with Crippen molar-refractivity contribution in [2.24, 2.45) is 9.98 Å². The molecule has 0 aliphatic heterocycles. The molecule has 4 heteroatoms. The van der Waals surface area contributed by atoms with Gasteiger partial charge >= 0.3 is 0 Å². The third-order valence-electron chi connectivity index (χ3n) is 4.16. The van der Waals surface area contributed by atoms with E-state index < -0.39 is 5.82 Å². The first-order valence-corrected chi connectivity index (χ1v) is 8.32. The SMILES string of the molecule is CN=Cc1cc(N=C(c2ccccc2)c2ccccc2)c(F)c(C)c1N. The first kappa shape index (κ1) is 17.5. The molecule has 0 radical (unpaired) electrons. The van der Waals surface area contributed by atoms with Crippen molar-refractivity contribution in [3.63, 3.8) is 0 Å². The third-order valence-corrected chi connectivity index (χ3v) is 4.16. The number of hydrogen-bond donors (Lipinski definition) is 1. The summed E-state index contributed by atoms with van der Waals surface area (Å²) >= 11 is 0. The minimum absolute atomic E-state index is 0.245. The highest BCUT2D eigenvalue weighted by molar-refractivity contribution is 6.14. The van der Waals surface area contributed by atoms with E-state index in [1.54, 1.807) is 26.3 Å². The summed E-state index contributed by atoms with van der Waals surface area (Å²) in [6, 6.07) is 21.1. The Morgan fingerprint density at radius 3 is 2.00 bits per heavy atom. The number of nitrogens with zero attached hydrogens (tertiary/aromatic N) is 2. The summed E-state index contributed by atoms with van der Waals surface area (Å²) in [6.07, 6.45) is 1.62. The maximum Gasteiger partial charge on any atom is 0.153 e. The average Bonchev–Trinajstić information content (AvgIpc) is 2.69. The summed E-state index contributed by atoms with van der Waals surface area (Å²) in [5.41, 5.74) is 10.2. The summed E-state index contributed by atoms with van der Waals surface area (Å²) in [7, 11) is 1.65. The quantitative estimate of drug-likeness (QED) is 0.529. The molecule has 2 N–H and O–H groups in total. The molecule has 130 valence electrons. The fourth-order valence-corrected chi connectivity index (χ4v) is 2.75. The summed E-state index contributed by atoms with van der Waals surface area (Å²) in [5, 5.41) is 0. The number of nitrogen functional groups attached to an aromatic ring is 1. The lowest BCUT2D eigenvalue weighted by atomic mass is 10.0. The standard InChI is InChI=1S/C22H20FN3/c1-15-20(23)19(13-18(14-25-2)21(15)24)26-22(16-9-5-3-6-10-16)17-11-7-4-8-12-17/h3-14H,24H2,1-2H3. The molecule has 3 aromatic rings. The summed E-state index contributed by atoms with van der Waals surface area (Å²) in [6.45, 7) is 1.65. The van der Waals surface area contributed by atoms with E-state index in [4.69, 9.17) is 5.73 Å². The smallest absolute Gasteiger partial charge is 0.153 e. The van der Waals surface area contributed by atoms with E-state index in [0.29, 0.717) is 22.5 Å². The molecule has 0 saturated carbocycles. The van der Waals surface area contributed by atoms with Gasteiger partial charge in [-0.3, -0.25) is 4.99 Å². The first-order chi connectivity index (χ1) is 12.6. The molecule has 0 bridgehead atoms. The van der Waals surface area contributed by atoms with Gasteiger partial charge in [0.1, 0.15) is 5.69 Å². The zero-order chi connectivity index (χ0) is 18.5. The van der Waals surface area contributed by atoms with Crippen molar-refractivity contribution in [1.82, 2.24) is 0 Å². The van der Waals surface area contributed by atoms with Gasteiger partial charge in [-0.2, -0.15) is 0 Å². The van der Waals surface area contributed by atoms with Gasteiger partial charge in [-0.15, -0.1) is 0 Å². The molecule has 3 nitrogen and oxygen atoms in total. The van der Waals surface area contributed by atoms with Crippen molar-refractivity contribution < 1.29 is 4.39 Å². The molecule has 0 spiro atoms. The van der Waals surface area contributed by atoms with Crippen LogP contribution in [0.2, 0.25) is 0 Å². The Morgan fingerprint density at radius 2 is 1.50 bits per heavy atom. The van der Waals surface area contributed by atoms with Crippen molar-refractivity contribution >= 4 is 23.3 Å². The second-order valence-corrected chi connectivity index (χ2v) is 5.92. The Hall–Kier alpha value is -3.27. The molecule has 0 aliphatic carbocycles. The van der Waals surface area contributed by atoms with Crippen molar-refractivity contribution in [3.8, 4) is 0 Å². The number of halogens is 1. The Bertz CT molecular complexity index is 920. The normalized spacial score (nSPS) is 10.9. The average molecular weight is 345 g/mol. The number of benzene rings is 3. The molecular formula is C22H20FN3. The molecule has 0 amide bonds. The first-order valence-electron chi connectivity index (χ1n) is 8.32. The highest BCUT2D eigenvalue weighted by Gasteiger charge is 2.14. The van der Waals surface area contributed by atoms with Crippen LogP contribution in [0.4, 0.5) is 15.8 Å². The van der Waals surface area contributed by atoms with Crippen LogP contribution in [0.3, 0.4) is 0 Å². The van der Waals surface area contributed by atoms with Gasteiger partial charge in [-0.1, -0.05) is 60.7 Å². The lowest BCUT2D eigenvalue weighted by Crippen LogP contribution is -2.04. The lowest BCUT2D eigenvalue weighted by molar-refractivity contribution is 0.621. The summed E-state index contributed by atoms with van der Waals surface area (Å²) in [4.78, 5) is 8.67. The van der Waals surface area contributed by atoms with E-state index in [1.807, 2.05) is 60.7 Å². The maximum atomic E-state index is 14.8. The fraction of sp³-hybridized carbons (Fsp3) is 0.0909. The second-order valence-electron chi connectivity index (χ2n) is 5.92. The van der Waals surface area contributed by atoms with Gasteiger partial charge in [0, 0.05) is 41.2 Å². The highest BCUT2D eigenvalue weighted by Crippen LogP contribution is 2.30.